The molecule has 0 radical (unpaired) electrons. The summed E-state index contributed by atoms with van der Waals surface area (Å²) in [5.74, 6) is 0. The quantitative estimate of drug-likeness (QED) is 0.635. The molecule has 0 aliphatic rings. The zero-order chi connectivity index (χ0) is 15.5. The molecule has 0 aliphatic carbocycles. The molecule has 0 aliphatic heterocycles. The van der Waals surface area contributed by atoms with Crippen molar-refractivity contribution in [2.45, 2.75) is 40.0 Å². The molecule has 0 heterocycles. The maximum Gasteiger partial charge on any atom is 0.0314 e. The Morgan fingerprint density at radius 2 is 1.29 bits per heavy atom. The Balaban J connectivity index is 2.20. The van der Waals surface area contributed by atoms with E-state index >= 15 is 0 Å². The summed E-state index contributed by atoms with van der Waals surface area (Å²) in [4.78, 5) is 5.07. The average Bonchev–Trinajstić information content (AvgIpc) is 2.51. The van der Waals surface area contributed by atoms with Gasteiger partial charge in [0.15, 0.2) is 0 Å². The summed E-state index contributed by atoms with van der Waals surface area (Å²) in [5, 5.41) is 0. The first-order valence-electron chi connectivity index (χ1n) is 8.48. The van der Waals surface area contributed by atoms with E-state index in [4.69, 9.17) is 5.73 Å². The summed E-state index contributed by atoms with van der Waals surface area (Å²) in [5.41, 5.74) is 7.96. The Bertz CT molecular complexity index is 357. The van der Waals surface area contributed by atoms with Crippen molar-refractivity contribution in [2.75, 3.05) is 45.0 Å². The van der Waals surface area contributed by atoms with Crippen LogP contribution < -0.4 is 5.73 Å². The molecule has 0 unspecified atom stereocenters. The van der Waals surface area contributed by atoms with Crippen LogP contribution >= 0.6 is 0 Å². The summed E-state index contributed by atoms with van der Waals surface area (Å²) in [6, 6.07) is 8.28. The number of anilines is 1. The monoisotopic (exact) mass is 291 g/mol. The van der Waals surface area contributed by atoms with Crippen LogP contribution in [-0.4, -0.2) is 49.1 Å². The lowest BCUT2D eigenvalue weighted by atomic mass is 10.1. The van der Waals surface area contributed by atoms with Crippen LogP contribution in [0.1, 0.15) is 39.2 Å². The highest BCUT2D eigenvalue weighted by Gasteiger charge is 2.04. The molecule has 0 spiro atoms. The maximum atomic E-state index is 5.72. The van der Waals surface area contributed by atoms with Gasteiger partial charge in [0.25, 0.3) is 0 Å². The van der Waals surface area contributed by atoms with Crippen molar-refractivity contribution in [3.05, 3.63) is 29.8 Å². The molecule has 1 aromatic carbocycles. The van der Waals surface area contributed by atoms with Gasteiger partial charge in [-0.25, -0.2) is 0 Å². The second kappa shape index (κ2) is 10.6. The second-order valence-electron chi connectivity index (χ2n) is 5.66. The molecule has 1 rings (SSSR count). The Kier molecular flexibility index (Phi) is 9.11. The van der Waals surface area contributed by atoms with Gasteiger partial charge < -0.3 is 15.5 Å². The van der Waals surface area contributed by atoms with E-state index in [9.17, 15) is 0 Å². The fourth-order valence-corrected chi connectivity index (χ4v) is 2.68. The Hall–Kier alpha value is -1.06. The minimum atomic E-state index is 0.852. The average molecular weight is 291 g/mol. The lowest BCUT2D eigenvalue weighted by molar-refractivity contribution is 0.242. The van der Waals surface area contributed by atoms with Gasteiger partial charge in [0, 0.05) is 5.69 Å². The summed E-state index contributed by atoms with van der Waals surface area (Å²) in [6.07, 6.45) is 3.65. The number of hydrogen-bond acceptors (Lipinski definition) is 3. The third-order valence-electron chi connectivity index (χ3n) is 4.21. The fourth-order valence-electron chi connectivity index (χ4n) is 2.68. The number of nitrogen functional groups attached to an aromatic ring is 1. The molecule has 21 heavy (non-hydrogen) atoms. The number of rotatable bonds is 11. The van der Waals surface area contributed by atoms with Crippen molar-refractivity contribution in [3.8, 4) is 0 Å². The number of hydrogen-bond donors (Lipinski definition) is 1. The Morgan fingerprint density at radius 3 is 1.86 bits per heavy atom. The van der Waals surface area contributed by atoms with E-state index in [1.54, 1.807) is 0 Å². The number of nitrogens with two attached hydrogens (primary N) is 1. The molecule has 0 aromatic heterocycles. The third kappa shape index (κ3) is 7.49. The zero-order valence-electron chi connectivity index (χ0n) is 14.1. The second-order valence-corrected chi connectivity index (χ2v) is 5.66. The summed E-state index contributed by atoms with van der Waals surface area (Å²) >= 11 is 0. The predicted molar refractivity (Wildman–Crippen MR) is 93.7 cm³/mol. The van der Waals surface area contributed by atoms with Crippen LogP contribution in [0.2, 0.25) is 0 Å². The normalized spacial score (nSPS) is 11.5. The molecule has 120 valence electrons. The van der Waals surface area contributed by atoms with Gasteiger partial charge in [-0.05, 0) is 76.2 Å². The van der Waals surface area contributed by atoms with Crippen molar-refractivity contribution in [1.82, 2.24) is 9.80 Å². The molecule has 0 fully saturated rings. The van der Waals surface area contributed by atoms with E-state index in [0.29, 0.717) is 0 Å². The molecular formula is C18H33N3. The molecule has 0 saturated carbocycles. The third-order valence-corrected chi connectivity index (χ3v) is 4.21. The standard InChI is InChI=1S/C18H33N3/c1-4-20(5-2)15-8-16-21(6-3)14-7-9-17-10-12-18(19)13-11-17/h10-13H,4-9,14-16,19H2,1-3H3. The van der Waals surface area contributed by atoms with E-state index in [1.807, 2.05) is 12.1 Å². The highest BCUT2D eigenvalue weighted by molar-refractivity contribution is 5.39. The van der Waals surface area contributed by atoms with Gasteiger partial charge >= 0.3 is 0 Å². The summed E-state index contributed by atoms with van der Waals surface area (Å²) in [6.45, 7) is 13.9. The summed E-state index contributed by atoms with van der Waals surface area (Å²) < 4.78 is 0. The van der Waals surface area contributed by atoms with Gasteiger partial charge in [0.2, 0.25) is 0 Å². The van der Waals surface area contributed by atoms with Gasteiger partial charge in [-0.3, -0.25) is 0 Å². The lowest BCUT2D eigenvalue weighted by Crippen LogP contribution is -2.30. The van der Waals surface area contributed by atoms with E-state index in [-0.39, 0.29) is 0 Å². The van der Waals surface area contributed by atoms with Crippen molar-refractivity contribution < 1.29 is 0 Å². The van der Waals surface area contributed by atoms with Crippen molar-refractivity contribution in [3.63, 3.8) is 0 Å². The van der Waals surface area contributed by atoms with E-state index in [1.165, 1.54) is 51.1 Å². The van der Waals surface area contributed by atoms with Gasteiger partial charge in [0.1, 0.15) is 0 Å². The first kappa shape index (κ1) is 18.0. The Labute approximate surface area is 131 Å². The molecule has 0 saturated heterocycles. The van der Waals surface area contributed by atoms with E-state index < -0.39 is 0 Å². The van der Waals surface area contributed by atoms with Crippen LogP contribution in [0.3, 0.4) is 0 Å². The molecule has 0 atom stereocenters. The van der Waals surface area contributed by atoms with Gasteiger partial charge in [0.05, 0.1) is 0 Å². The van der Waals surface area contributed by atoms with E-state index in [0.717, 1.165) is 18.7 Å². The van der Waals surface area contributed by atoms with Crippen LogP contribution in [0.5, 0.6) is 0 Å². The van der Waals surface area contributed by atoms with Crippen LogP contribution in [0.4, 0.5) is 5.69 Å². The molecule has 3 heteroatoms. The predicted octanol–water partition coefficient (Wildman–Crippen LogP) is 3.26. The van der Waals surface area contributed by atoms with Crippen LogP contribution in [0.15, 0.2) is 24.3 Å². The maximum absolute atomic E-state index is 5.72. The molecule has 0 bridgehead atoms. The SMILES string of the molecule is CCN(CC)CCCN(CC)CCCc1ccc(N)cc1. The fraction of sp³-hybridized carbons (Fsp3) is 0.667. The van der Waals surface area contributed by atoms with Gasteiger partial charge in [-0.2, -0.15) is 0 Å². The number of nitrogens with zero attached hydrogens (tertiary/aromatic N) is 2. The lowest BCUT2D eigenvalue weighted by Gasteiger charge is -2.23. The van der Waals surface area contributed by atoms with Crippen molar-refractivity contribution in [2.24, 2.45) is 0 Å². The first-order chi connectivity index (χ1) is 10.2. The minimum absolute atomic E-state index is 0.852. The highest BCUT2D eigenvalue weighted by Crippen LogP contribution is 2.08. The first-order valence-corrected chi connectivity index (χ1v) is 8.48. The molecule has 2 N–H and O–H groups in total. The Morgan fingerprint density at radius 1 is 0.762 bits per heavy atom. The largest absolute Gasteiger partial charge is 0.399 e. The van der Waals surface area contributed by atoms with Crippen LogP contribution in [0, 0.1) is 0 Å². The van der Waals surface area contributed by atoms with Crippen molar-refractivity contribution in [1.29, 1.82) is 0 Å². The zero-order valence-corrected chi connectivity index (χ0v) is 14.1. The topological polar surface area (TPSA) is 32.5 Å². The highest BCUT2D eigenvalue weighted by atomic mass is 15.1. The van der Waals surface area contributed by atoms with Crippen LogP contribution in [0.25, 0.3) is 0 Å². The molecular weight excluding hydrogens is 258 g/mol. The number of aryl methyl sites for hydroxylation is 1. The van der Waals surface area contributed by atoms with Gasteiger partial charge in [-0.1, -0.05) is 32.9 Å². The minimum Gasteiger partial charge on any atom is -0.399 e. The smallest absolute Gasteiger partial charge is 0.0314 e. The summed E-state index contributed by atoms with van der Waals surface area (Å²) in [7, 11) is 0. The van der Waals surface area contributed by atoms with Crippen LogP contribution in [-0.2, 0) is 6.42 Å². The molecule has 1 aromatic rings. The number of benzene rings is 1. The molecule has 3 nitrogen and oxygen atoms in total. The van der Waals surface area contributed by atoms with Crippen molar-refractivity contribution >= 4 is 5.69 Å². The van der Waals surface area contributed by atoms with E-state index in [2.05, 4.69) is 42.7 Å². The van der Waals surface area contributed by atoms with Gasteiger partial charge in [-0.15, -0.1) is 0 Å². The molecule has 0 amide bonds.